The summed E-state index contributed by atoms with van der Waals surface area (Å²) in [5.74, 6) is 0.526. The van der Waals surface area contributed by atoms with E-state index in [2.05, 4.69) is 5.32 Å². The van der Waals surface area contributed by atoms with Crippen LogP contribution in [0.2, 0.25) is 0 Å². The van der Waals surface area contributed by atoms with Gasteiger partial charge in [0.15, 0.2) is 0 Å². The molecule has 1 fully saturated rings. The van der Waals surface area contributed by atoms with Crippen molar-refractivity contribution in [2.75, 3.05) is 20.3 Å². The lowest BCUT2D eigenvalue weighted by atomic mass is 9.92. The minimum atomic E-state index is -0.420. The van der Waals surface area contributed by atoms with Crippen LogP contribution in [0.1, 0.15) is 25.7 Å². The number of nitro groups is 1. The first kappa shape index (κ1) is 15.7. The third kappa shape index (κ3) is 4.68. The van der Waals surface area contributed by atoms with Crippen LogP contribution in [0.3, 0.4) is 0 Å². The number of nitrogens with zero attached hydrogens (tertiary/aromatic N) is 1. The summed E-state index contributed by atoms with van der Waals surface area (Å²) in [6.07, 6.45) is 4.94. The minimum Gasteiger partial charge on any atom is -0.492 e. The number of benzene rings is 1. The fourth-order valence-corrected chi connectivity index (χ4v) is 2.71. The molecule has 0 heterocycles. The van der Waals surface area contributed by atoms with Crippen LogP contribution in [0.25, 0.3) is 0 Å². The molecule has 0 bridgehead atoms. The highest BCUT2D eigenvalue weighted by Gasteiger charge is 2.23. The number of rotatable bonds is 7. The minimum absolute atomic E-state index is 0.0483. The second kappa shape index (κ2) is 7.95. The zero-order valence-electron chi connectivity index (χ0n) is 12.3. The highest BCUT2D eigenvalue weighted by atomic mass is 16.6. The molecule has 0 aliphatic heterocycles. The van der Waals surface area contributed by atoms with Crippen LogP contribution in [0.5, 0.6) is 5.75 Å². The highest BCUT2D eigenvalue weighted by Crippen LogP contribution is 2.21. The van der Waals surface area contributed by atoms with Gasteiger partial charge in [-0.15, -0.1) is 0 Å². The molecule has 0 aromatic heterocycles. The average Bonchev–Trinajstić information content (AvgIpc) is 2.52. The van der Waals surface area contributed by atoms with E-state index in [4.69, 9.17) is 9.47 Å². The number of methoxy groups -OCH3 is 1. The van der Waals surface area contributed by atoms with Crippen LogP contribution in [-0.2, 0) is 4.74 Å². The van der Waals surface area contributed by atoms with Gasteiger partial charge in [-0.05, 0) is 18.9 Å². The van der Waals surface area contributed by atoms with E-state index in [1.54, 1.807) is 19.2 Å². The van der Waals surface area contributed by atoms with Crippen LogP contribution in [0, 0.1) is 10.1 Å². The molecule has 0 amide bonds. The Kier molecular flexibility index (Phi) is 5.95. The molecule has 116 valence electrons. The zero-order valence-corrected chi connectivity index (χ0v) is 12.3. The van der Waals surface area contributed by atoms with Crippen molar-refractivity contribution < 1.29 is 14.4 Å². The predicted octanol–water partition coefficient (Wildman–Crippen LogP) is 2.52. The van der Waals surface area contributed by atoms with Gasteiger partial charge in [0, 0.05) is 25.8 Å². The number of nitro benzene ring substituents is 1. The van der Waals surface area contributed by atoms with Crippen molar-refractivity contribution in [2.24, 2.45) is 0 Å². The van der Waals surface area contributed by atoms with E-state index >= 15 is 0 Å². The third-order valence-electron chi connectivity index (χ3n) is 3.81. The topological polar surface area (TPSA) is 73.6 Å². The molecule has 2 rings (SSSR count). The summed E-state index contributed by atoms with van der Waals surface area (Å²) >= 11 is 0. The van der Waals surface area contributed by atoms with Gasteiger partial charge in [-0.25, -0.2) is 0 Å². The molecule has 1 aromatic carbocycles. The Morgan fingerprint density at radius 3 is 2.95 bits per heavy atom. The number of hydrogen-bond donors (Lipinski definition) is 1. The Hall–Kier alpha value is -1.66. The molecular formula is C15H22N2O4. The summed E-state index contributed by atoms with van der Waals surface area (Å²) in [6, 6.07) is 6.63. The van der Waals surface area contributed by atoms with Crippen molar-refractivity contribution in [1.29, 1.82) is 0 Å². The lowest BCUT2D eigenvalue weighted by Gasteiger charge is -2.31. The van der Waals surface area contributed by atoms with Gasteiger partial charge in [0.2, 0.25) is 0 Å². The number of non-ortho nitro benzene ring substituents is 1. The van der Waals surface area contributed by atoms with Crippen LogP contribution in [-0.4, -0.2) is 37.3 Å². The Labute approximate surface area is 124 Å². The first-order chi connectivity index (χ1) is 10.2. The molecule has 1 aliphatic rings. The monoisotopic (exact) mass is 294 g/mol. The molecular weight excluding hydrogens is 272 g/mol. The van der Waals surface area contributed by atoms with Gasteiger partial charge in [-0.3, -0.25) is 10.1 Å². The summed E-state index contributed by atoms with van der Waals surface area (Å²) in [6.45, 7) is 1.18. The van der Waals surface area contributed by atoms with E-state index in [9.17, 15) is 10.1 Å². The molecule has 21 heavy (non-hydrogen) atoms. The summed E-state index contributed by atoms with van der Waals surface area (Å²) in [4.78, 5) is 10.3. The maximum absolute atomic E-state index is 10.7. The first-order valence-electron chi connectivity index (χ1n) is 7.34. The fourth-order valence-electron chi connectivity index (χ4n) is 2.71. The van der Waals surface area contributed by atoms with Gasteiger partial charge in [-0.2, -0.15) is 0 Å². The van der Waals surface area contributed by atoms with E-state index < -0.39 is 4.92 Å². The molecule has 2 atom stereocenters. The van der Waals surface area contributed by atoms with Crippen LogP contribution in [0.15, 0.2) is 24.3 Å². The van der Waals surface area contributed by atoms with E-state index in [0.29, 0.717) is 24.9 Å². The molecule has 1 N–H and O–H groups in total. The lowest BCUT2D eigenvalue weighted by molar-refractivity contribution is -0.384. The summed E-state index contributed by atoms with van der Waals surface area (Å²) in [5.41, 5.74) is 0.0483. The molecule has 1 aliphatic carbocycles. The third-order valence-corrected chi connectivity index (χ3v) is 3.81. The zero-order chi connectivity index (χ0) is 15.1. The molecule has 1 saturated carbocycles. The van der Waals surface area contributed by atoms with Crippen molar-refractivity contribution >= 4 is 5.69 Å². The fraction of sp³-hybridized carbons (Fsp3) is 0.600. The molecule has 0 saturated heterocycles. The van der Waals surface area contributed by atoms with E-state index in [1.807, 2.05) is 0 Å². The Bertz CT molecular complexity index is 467. The van der Waals surface area contributed by atoms with E-state index in [-0.39, 0.29) is 11.8 Å². The Morgan fingerprint density at radius 2 is 2.19 bits per heavy atom. The SMILES string of the molecule is CO[C@H]1CCCC[C@H]1NCCOc1cccc([N+](=O)[O-])c1. The van der Waals surface area contributed by atoms with Crippen molar-refractivity contribution in [3.05, 3.63) is 34.4 Å². The second-order valence-corrected chi connectivity index (χ2v) is 5.22. The lowest BCUT2D eigenvalue weighted by Crippen LogP contribution is -2.44. The normalized spacial score (nSPS) is 22.0. The standard InChI is InChI=1S/C15H22N2O4/c1-20-15-8-3-2-7-14(15)16-9-10-21-13-6-4-5-12(11-13)17(18)19/h4-6,11,14-16H,2-3,7-10H2,1H3/t14-,15+/m1/s1. The molecule has 0 unspecified atom stereocenters. The summed E-state index contributed by atoms with van der Waals surface area (Å²) in [7, 11) is 1.75. The van der Waals surface area contributed by atoms with Crippen LogP contribution >= 0.6 is 0 Å². The van der Waals surface area contributed by atoms with Crippen LogP contribution in [0.4, 0.5) is 5.69 Å². The van der Waals surface area contributed by atoms with Gasteiger partial charge in [0.1, 0.15) is 12.4 Å². The van der Waals surface area contributed by atoms with Gasteiger partial charge in [-0.1, -0.05) is 18.9 Å². The van der Waals surface area contributed by atoms with Crippen molar-refractivity contribution in [3.8, 4) is 5.75 Å². The summed E-state index contributed by atoms with van der Waals surface area (Å²) in [5, 5.41) is 14.1. The molecule has 0 radical (unpaired) electrons. The Morgan fingerprint density at radius 1 is 1.38 bits per heavy atom. The molecule has 6 heteroatoms. The van der Waals surface area contributed by atoms with Gasteiger partial charge in [0.25, 0.3) is 5.69 Å². The predicted molar refractivity (Wildman–Crippen MR) is 79.6 cm³/mol. The maximum atomic E-state index is 10.7. The largest absolute Gasteiger partial charge is 0.492 e. The van der Waals surface area contributed by atoms with Gasteiger partial charge < -0.3 is 14.8 Å². The molecule has 1 aromatic rings. The second-order valence-electron chi connectivity index (χ2n) is 5.22. The van der Waals surface area contributed by atoms with Crippen molar-refractivity contribution in [2.45, 2.75) is 37.8 Å². The van der Waals surface area contributed by atoms with E-state index in [1.165, 1.54) is 25.0 Å². The van der Waals surface area contributed by atoms with Crippen LogP contribution < -0.4 is 10.1 Å². The van der Waals surface area contributed by atoms with E-state index in [0.717, 1.165) is 12.8 Å². The van der Waals surface area contributed by atoms with Gasteiger partial charge in [0.05, 0.1) is 17.1 Å². The highest BCUT2D eigenvalue weighted by molar-refractivity contribution is 5.37. The van der Waals surface area contributed by atoms with Crippen molar-refractivity contribution in [1.82, 2.24) is 5.32 Å². The summed E-state index contributed by atoms with van der Waals surface area (Å²) < 4.78 is 11.0. The number of ether oxygens (including phenoxy) is 2. The maximum Gasteiger partial charge on any atom is 0.273 e. The molecule has 0 spiro atoms. The smallest absolute Gasteiger partial charge is 0.273 e. The van der Waals surface area contributed by atoms with Crippen molar-refractivity contribution in [3.63, 3.8) is 0 Å². The number of nitrogens with one attached hydrogen (secondary N) is 1. The average molecular weight is 294 g/mol. The number of hydrogen-bond acceptors (Lipinski definition) is 5. The Balaban J connectivity index is 1.74. The molecule has 6 nitrogen and oxygen atoms in total. The quantitative estimate of drug-likeness (QED) is 0.475. The van der Waals surface area contributed by atoms with Gasteiger partial charge >= 0.3 is 0 Å². The first-order valence-corrected chi connectivity index (χ1v) is 7.34.